The summed E-state index contributed by atoms with van der Waals surface area (Å²) in [5.41, 5.74) is 1.57. The van der Waals surface area contributed by atoms with E-state index < -0.39 is 0 Å². The van der Waals surface area contributed by atoms with E-state index in [9.17, 15) is 4.79 Å². The maximum atomic E-state index is 12.4. The lowest BCUT2D eigenvalue weighted by Gasteiger charge is -2.11. The third-order valence-electron chi connectivity index (χ3n) is 2.98. The Balaban J connectivity index is 2.30. The molecule has 0 aliphatic rings. The molecule has 0 bridgehead atoms. The van der Waals surface area contributed by atoms with Crippen LogP contribution in [0.25, 0.3) is 0 Å². The number of Topliss-reactive ketones (excluding diaryl/α,β-unsaturated/α-hetero) is 1. The Bertz CT molecular complexity index is 609. The molecule has 0 aliphatic carbocycles. The zero-order chi connectivity index (χ0) is 14.5. The molecule has 0 atom stereocenters. The van der Waals surface area contributed by atoms with Gasteiger partial charge in [0.15, 0.2) is 17.3 Å². The van der Waals surface area contributed by atoms with E-state index in [2.05, 4.69) is 15.9 Å². The standard InChI is InChI=1S/C16H15BrO3/c1-19-15-9-12(13(17)10-16(15)20-2)14(18)8-11-6-4-3-5-7-11/h3-7,9-10H,8H2,1-2H3. The van der Waals surface area contributed by atoms with Crippen LogP contribution in [-0.2, 0) is 6.42 Å². The summed E-state index contributed by atoms with van der Waals surface area (Å²) in [5.74, 6) is 1.17. The molecule has 4 heteroatoms. The number of ketones is 1. The highest BCUT2D eigenvalue weighted by molar-refractivity contribution is 9.10. The van der Waals surface area contributed by atoms with Crippen LogP contribution in [0.2, 0.25) is 0 Å². The van der Waals surface area contributed by atoms with E-state index in [0.29, 0.717) is 28.0 Å². The van der Waals surface area contributed by atoms with Crippen LogP contribution in [0.1, 0.15) is 15.9 Å². The van der Waals surface area contributed by atoms with Crippen LogP contribution in [0.5, 0.6) is 11.5 Å². The summed E-state index contributed by atoms with van der Waals surface area (Å²) in [6, 6.07) is 13.1. The molecule has 0 amide bonds. The summed E-state index contributed by atoms with van der Waals surface area (Å²) in [6.45, 7) is 0. The van der Waals surface area contributed by atoms with Gasteiger partial charge in [-0.15, -0.1) is 0 Å². The first-order valence-electron chi connectivity index (χ1n) is 6.14. The Hall–Kier alpha value is -1.81. The van der Waals surface area contributed by atoms with Gasteiger partial charge in [-0.3, -0.25) is 4.79 Å². The molecule has 0 fully saturated rings. The second-order valence-electron chi connectivity index (χ2n) is 4.27. The number of rotatable bonds is 5. The van der Waals surface area contributed by atoms with Crippen molar-refractivity contribution in [2.45, 2.75) is 6.42 Å². The zero-order valence-corrected chi connectivity index (χ0v) is 12.9. The van der Waals surface area contributed by atoms with Crippen molar-refractivity contribution in [3.63, 3.8) is 0 Å². The van der Waals surface area contributed by atoms with Crippen LogP contribution in [0.3, 0.4) is 0 Å². The summed E-state index contributed by atoms with van der Waals surface area (Å²) >= 11 is 3.41. The predicted molar refractivity (Wildman–Crippen MR) is 81.7 cm³/mol. The molecule has 0 unspecified atom stereocenters. The highest BCUT2D eigenvalue weighted by Crippen LogP contribution is 2.33. The smallest absolute Gasteiger partial charge is 0.168 e. The first-order chi connectivity index (χ1) is 9.65. The Morgan fingerprint density at radius 1 is 1.05 bits per heavy atom. The first-order valence-corrected chi connectivity index (χ1v) is 6.93. The van der Waals surface area contributed by atoms with E-state index in [1.54, 1.807) is 26.4 Å². The third kappa shape index (κ3) is 3.20. The number of hydrogen-bond acceptors (Lipinski definition) is 3. The fourth-order valence-electron chi connectivity index (χ4n) is 1.94. The Morgan fingerprint density at radius 2 is 1.65 bits per heavy atom. The molecule has 0 saturated carbocycles. The minimum atomic E-state index is 0.0315. The number of ether oxygens (including phenoxy) is 2. The SMILES string of the molecule is COc1cc(Br)c(C(=O)Cc2ccccc2)cc1OC. The maximum Gasteiger partial charge on any atom is 0.168 e. The van der Waals surface area contributed by atoms with Gasteiger partial charge in [0, 0.05) is 16.5 Å². The van der Waals surface area contributed by atoms with Gasteiger partial charge in [-0.05, 0) is 33.6 Å². The van der Waals surface area contributed by atoms with E-state index in [1.165, 1.54) is 0 Å². The molecule has 20 heavy (non-hydrogen) atoms. The topological polar surface area (TPSA) is 35.5 Å². The van der Waals surface area contributed by atoms with Gasteiger partial charge in [0.25, 0.3) is 0 Å². The van der Waals surface area contributed by atoms with Gasteiger partial charge in [-0.1, -0.05) is 30.3 Å². The number of hydrogen-bond donors (Lipinski definition) is 0. The highest BCUT2D eigenvalue weighted by Gasteiger charge is 2.15. The monoisotopic (exact) mass is 334 g/mol. The van der Waals surface area contributed by atoms with Crippen LogP contribution >= 0.6 is 15.9 Å². The Morgan fingerprint density at radius 3 is 2.25 bits per heavy atom. The van der Waals surface area contributed by atoms with E-state index >= 15 is 0 Å². The summed E-state index contributed by atoms with van der Waals surface area (Å²) in [6.07, 6.45) is 0.356. The lowest BCUT2D eigenvalue weighted by atomic mass is 10.0. The van der Waals surface area contributed by atoms with Crippen LogP contribution < -0.4 is 9.47 Å². The number of carbonyl (C=O) groups is 1. The molecule has 2 rings (SSSR count). The molecule has 0 heterocycles. The lowest BCUT2D eigenvalue weighted by Crippen LogP contribution is -2.05. The van der Waals surface area contributed by atoms with Gasteiger partial charge >= 0.3 is 0 Å². The Labute approximate surface area is 126 Å². The first kappa shape index (κ1) is 14.6. The molecule has 104 valence electrons. The molecule has 0 N–H and O–H groups in total. The van der Waals surface area contributed by atoms with Crippen molar-refractivity contribution in [2.75, 3.05) is 14.2 Å². The molecule has 0 radical (unpaired) electrons. The molecule has 0 aliphatic heterocycles. The quantitative estimate of drug-likeness (QED) is 0.778. The second kappa shape index (κ2) is 6.57. The number of methoxy groups -OCH3 is 2. The number of carbonyl (C=O) groups excluding carboxylic acids is 1. The molecule has 2 aromatic rings. The minimum absolute atomic E-state index is 0.0315. The van der Waals surface area contributed by atoms with Crippen molar-refractivity contribution >= 4 is 21.7 Å². The van der Waals surface area contributed by atoms with Gasteiger partial charge in [0.2, 0.25) is 0 Å². The molecular weight excluding hydrogens is 320 g/mol. The number of benzene rings is 2. The zero-order valence-electron chi connectivity index (χ0n) is 11.4. The number of halogens is 1. The van der Waals surface area contributed by atoms with Gasteiger partial charge in [-0.25, -0.2) is 0 Å². The van der Waals surface area contributed by atoms with Crippen LogP contribution in [0, 0.1) is 0 Å². The molecule has 0 aromatic heterocycles. The van der Waals surface area contributed by atoms with Crippen molar-refractivity contribution in [3.05, 3.63) is 58.1 Å². The van der Waals surface area contributed by atoms with Gasteiger partial charge in [0.05, 0.1) is 14.2 Å². The van der Waals surface area contributed by atoms with Crippen LogP contribution in [-0.4, -0.2) is 20.0 Å². The maximum absolute atomic E-state index is 12.4. The van der Waals surface area contributed by atoms with Crippen molar-refractivity contribution in [1.82, 2.24) is 0 Å². The average molecular weight is 335 g/mol. The van der Waals surface area contributed by atoms with Gasteiger partial charge in [0.1, 0.15) is 0 Å². The molecule has 3 nitrogen and oxygen atoms in total. The minimum Gasteiger partial charge on any atom is -0.493 e. The predicted octanol–water partition coefficient (Wildman–Crippen LogP) is 3.89. The normalized spacial score (nSPS) is 10.2. The largest absolute Gasteiger partial charge is 0.493 e. The van der Waals surface area contributed by atoms with E-state index in [1.807, 2.05) is 30.3 Å². The molecule has 0 saturated heterocycles. The van der Waals surface area contributed by atoms with Gasteiger partial charge in [-0.2, -0.15) is 0 Å². The average Bonchev–Trinajstić information content (AvgIpc) is 2.47. The summed E-state index contributed by atoms with van der Waals surface area (Å²) in [7, 11) is 3.12. The van der Waals surface area contributed by atoms with Crippen LogP contribution in [0.4, 0.5) is 0 Å². The molecular formula is C16H15BrO3. The molecule has 0 spiro atoms. The fourth-order valence-corrected chi connectivity index (χ4v) is 2.49. The second-order valence-corrected chi connectivity index (χ2v) is 5.13. The van der Waals surface area contributed by atoms with Crippen molar-refractivity contribution in [2.24, 2.45) is 0 Å². The van der Waals surface area contributed by atoms with Crippen molar-refractivity contribution < 1.29 is 14.3 Å². The molecule has 2 aromatic carbocycles. The summed E-state index contributed by atoms with van der Waals surface area (Å²) in [4.78, 5) is 12.4. The summed E-state index contributed by atoms with van der Waals surface area (Å²) in [5, 5.41) is 0. The van der Waals surface area contributed by atoms with Crippen LogP contribution in [0.15, 0.2) is 46.9 Å². The van der Waals surface area contributed by atoms with Crippen molar-refractivity contribution in [1.29, 1.82) is 0 Å². The third-order valence-corrected chi connectivity index (χ3v) is 3.64. The van der Waals surface area contributed by atoms with E-state index in [-0.39, 0.29) is 5.78 Å². The van der Waals surface area contributed by atoms with Crippen molar-refractivity contribution in [3.8, 4) is 11.5 Å². The lowest BCUT2D eigenvalue weighted by molar-refractivity contribution is 0.0992. The Kier molecular flexibility index (Phi) is 4.79. The van der Waals surface area contributed by atoms with E-state index in [4.69, 9.17) is 9.47 Å². The van der Waals surface area contributed by atoms with Gasteiger partial charge < -0.3 is 9.47 Å². The highest BCUT2D eigenvalue weighted by atomic mass is 79.9. The van der Waals surface area contributed by atoms with E-state index in [0.717, 1.165) is 5.56 Å². The summed E-state index contributed by atoms with van der Waals surface area (Å²) < 4.78 is 11.1. The fraction of sp³-hybridized carbons (Fsp3) is 0.188.